The number of hydrogen-bond donors (Lipinski definition) is 3. The zero-order valence-electron chi connectivity index (χ0n) is 9.08. The number of carbonyl (C=O) groups is 2. The average Bonchev–Trinajstić information content (AvgIpc) is 2.18. The van der Waals surface area contributed by atoms with Crippen LogP contribution in [0.15, 0.2) is 0 Å². The molecule has 0 aromatic heterocycles. The molecule has 0 spiro atoms. The molecule has 88 valence electrons. The summed E-state index contributed by atoms with van der Waals surface area (Å²) in [6, 6.07) is 0. The van der Waals surface area contributed by atoms with Gasteiger partial charge in [0.2, 0.25) is 5.91 Å². The molecule has 0 bridgehead atoms. The molecule has 6 nitrogen and oxygen atoms in total. The fraction of sp³-hybridized carbons (Fsp3) is 0.778. The summed E-state index contributed by atoms with van der Waals surface area (Å²) in [6.45, 7) is 2.93. The van der Waals surface area contributed by atoms with Crippen LogP contribution in [-0.4, -0.2) is 50.3 Å². The first kappa shape index (κ1) is 13.9. The van der Waals surface area contributed by atoms with Gasteiger partial charge in [0.15, 0.2) is 0 Å². The largest absolute Gasteiger partial charge is 0.481 e. The van der Waals surface area contributed by atoms with Crippen LogP contribution in [0.4, 0.5) is 0 Å². The molecule has 15 heavy (non-hydrogen) atoms. The molecule has 0 aromatic carbocycles. The number of aliphatic carboxylic acids is 1. The number of amides is 1. The summed E-state index contributed by atoms with van der Waals surface area (Å²) >= 11 is 0. The monoisotopic (exact) mass is 218 g/mol. The summed E-state index contributed by atoms with van der Waals surface area (Å²) in [4.78, 5) is 21.5. The Morgan fingerprint density at radius 2 is 2.13 bits per heavy atom. The van der Waals surface area contributed by atoms with E-state index in [-0.39, 0.29) is 19.0 Å². The van der Waals surface area contributed by atoms with Crippen molar-refractivity contribution in [2.75, 3.05) is 33.4 Å². The minimum Gasteiger partial charge on any atom is -0.481 e. The zero-order chi connectivity index (χ0) is 11.7. The quantitative estimate of drug-likeness (QED) is 0.458. The van der Waals surface area contributed by atoms with Crippen molar-refractivity contribution in [3.05, 3.63) is 0 Å². The average molecular weight is 218 g/mol. The van der Waals surface area contributed by atoms with Gasteiger partial charge in [0.1, 0.15) is 0 Å². The molecular weight excluding hydrogens is 200 g/mol. The molecule has 0 heterocycles. The van der Waals surface area contributed by atoms with Gasteiger partial charge in [-0.1, -0.05) is 6.92 Å². The van der Waals surface area contributed by atoms with Crippen molar-refractivity contribution >= 4 is 11.9 Å². The number of nitrogens with one attached hydrogen (secondary N) is 2. The minimum absolute atomic E-state index is 0.126. The van der Waals surface area contributed by atoms with Crippen molar-refractivity contribution in [3.63, 3.8) is 0 Å². The van der Waals surface area contributed by atoms with E-state index in [1.807, 2.05) is 0 Å². The van der Waals surface area contributed by atoms with Gasteiger partial charge < -0.3 is 20.5 Å². The van der Waals surface area contributed by atoms with Crippen molar-refractivity contribution in [2.45, 2.75) is 6.92 Å². The first-order valence-corrected chi connectivity index (χ1v) is 4.77. The van der Waals surface area contributed by atoms with Gasteiger partial charge in [0.25, 0.3) is 0 Å². The molecule has 0 aliphatic heterocycles. The molecular formula is C9H18N2O4. The Kier molecular flexibility index (Phi) is 7.57. The number of hydrogen-bond acceptors (Lipinski definition) is 4. The van der Waals surface area contributed by atoms with Crippen LogP contribution in [0.5, 0.6) is 0 Å². The number of carboxylic acids is 1. The summed E-state index contributed by atoms with van der Waals surface area (Å²) < 4.78 is 4.75. The van der Waals surface area contributed by atoms with Crippen molar-refractivity contribution in [2.24, 2.45) is 5.92 Å². The molecule has 0 aliphatic carbocycles. The van der Waals surface area contributed by atoms with Crippen LogP contribution < -0.4 is 10.6 Å². The van der Waals surface area contributed by atoms with E-state index >= 15 is 0 Å². The summed E-state index contributed by atoms with van der Waals surface area (Å²) in [5.41, 5.74) is 0. The fourth-order valence-corrected chi connectivity index (χ4v) is 0.845. The Labute approximate surface area is 89.0 Å². The summed E-state index contributed by atoms with van der Waals surface area (Å²) in [6.07, 6.45) is 0. The standard InChI is InChI=1S/C9H18N2O4/c1-7(9(13)14)5-10-6-8(12)11-3-4-15-2/h7,10H,3-6H2,1-2H3,(H,11,12)(H,13,14). The lowest BCUT2D eigenvalue weighted by atomic mass is 10.2. The molecule has 0 fully saturated rings. The van der Waals surface area contributed by atoms with E-state index in [1.165, 1.54) is 0 Å². The molecule has 6 heteroatoms. The van der Waals surface area contributed by atoms with Crippen molar-refractivity contribution in [1.82, 2.24) is 10.6 Å². The van der Waals surface area contributed by atoms with E-state index in [2.05, 4.69) is 10.6 Å². The molecule has 0 aliphatic rings. The van der Waals surface area contributed by atoms with E-state index in [0.717, 1.165) is 0 Å². The van der Waals surface area contributed by atoms with Crippen LogP contribution in [0.1, 0.15) is 6.92 Å². The smallest absolute Gasteiger partial charge is 0.307 e. The van der Waals surface area contributed by atoms with Gasteiger partial charge >= 0.3 is 5.97 Å². The molecule has 0 aromatic rings. The summed E-state index contributed by atoms with van der Waals surface area (Å²) in [5.74, 6) is -1.52. The topological polar surface area (TPSA) is 87.7 Å². The second kappa shape index (κ2) is 8.19. The van der Waals surface area contributed by atoms with Gasteiger partial charge in [0.05, 0.1) is 19.1 Å². The van der Waals surface area contributed by atoms with Crippen LogP contribution in [0.2, 0.25) is 0 Å². The molecule has 0 saturated carbocycles. The maximum atomic E-state index is 11.1. The number of rotatable bonds is 8. The van der Waals surface area contributed by atoms with E-state index in [9.17, 15) is 9.59 Å². The lowest BCUT2D eigenvalue weighted by Gasteiger charge is -2.08. The van der Waals surface area contributed by atoms with E-state index in [1.54, 1.807) is 14.0 Å². The first-order valence-electron chi connectivity index (χ1n) is 4.77. The van der Waals surface area contributed by atoms with Gasteiger partial charge in [0, 0.05) is 20.2 Å². The summed E-state index contributed by atoms with van der Waals surface area (Å²) in [7, 11) is 1.55. The maximum Gasteiger partial charge on any atom is 0.307 e. The van der Waals surface area contributed by atoms with Crippen molar-refractivity contribution in [3.8, 4) is 0 Å². The van der Waals surface area contributed by atoms with E-state index < -0.39 is 11.9 Å². The highest BCUT2D eigenvalue weighted by atomic mass is 16.5. The lowest BCUT2D eigenvalue weighted by Crippen LogP contribution is -2.38. The van der Waals surface area contributed by atoms with Gasteiger partial charge in [-0.2, -0.15) is 0 Å². The second-order valence-electron chi connectivity index (χ2n) is 3.21. The summed E-state index contributed by atoms with van der Waals surface area (Å²) in [5, 5.41) is 13.9. The van der Waals surface area contributed by atoms with Crippen LogP contribution in [0.25, 0.3) is 0 Å². The van der Waals surface area contributed by atoms with Crippen molar-refractivity contribution in [1.29, 1.82) is 0 Å². The Bertz CT molecular complexity index is 208. The fourth-order valence-electron chi connectivity index (χ4n) is 0.845. The molecule has 1 atom stereocenters. The third-order valence-electron chi connectivity index (χ3n) is 1.79. The number of methoxy groups -OCH3 is 1. The third kappa shape index (κ3) is 7.90. The SMILES string of the molecule is COCCNC(=O)CNCC(C)C(=O)O. The van der Waals surface area contributed by atoms with E-state index in [0.29, 0.717) is 13.2 Å². The highest BCUT2D eigenvalue weighted by Crippen LogP contribution is 1.90. The highest BCUT2D eigenvalue weighted by molar-refractivity contribution is 5.78. The molecule has 1 unspecified atom stereocenters. The van der Waals surface area contributed by atoms with E-state index in [4.69, 9.17) is 9.84 Å². The predicted molar refractivity (Wildman–Crippen MR) is 54.6 cm³/mol. The van der Waals surface area contributed by atoms with Crippen LogP contribution >= 0.6 is 0 Å². The third-order valence-corrected chi connectivity index (χ3v) is 1.79. The lowest BCUT2D eigenvalue weighted by molar-refractivity contribution is -0.141. The Balaban J connectivity index is 3.42. The van der Waals surface area contributed by atoms with Crippen molar-refractivity contribution < 1.29 is 19.4 Å². The second-order valence-corrected chi connectivity index (χ2v) is 3.21. The highest BCUT2D eigenvalue weighted by Gasteiger charge is 2.10. The predicted octanol–water partition coefficient (Wildman–Crippen LogP) is -0.941. The molecule has 0 rings (SSSR count). The van der Waals surface area contributed by atoms with Gasteiger partial charge in [-0.05, 0) is 0 Å². The minimum atomic E-state index is -0.873. The number of carboxylic acid groups (broad SMARTS) is 1. The molecule has 1 amide bonds. The first-order chi connectivity index (χ1) is 7.07. The van der Waals surface area contributed by atoms with Gasteiger partial charge in [-0.25, -0.2) is 0 Å². The number of ether oxygens (including phenoxy) is 1. The van der Waals surface area contributed by atoms with Gasteiger partial charge in [-0.15, -0.1) is 0 Å². The Hall–Kier alpha value is -1.14. The number of carbonyl (C=O) groups excluding carboxylic acids is 1. The molecule has 0 saturated heterocycles. The van der Waals surface area contributed by atoms with Crippen LogP contribution in [0, 0.1) is 5.92 Å². The Morgan fingerprint density at radius 3 is 2.67 bits per heavy atom. The Morgan fingerprint density at radius 1 is 1.47 bits per heavy atom. The van der Waals surface area contributed by atoms with Crippen LogP contribution in [-0.2, 0) is 14.3 Å². The van der Waals surface area contributed by atoms with Gasteiger partial charge in [-0.3, -0.25) is 9.59 Å². The van der Waals surface area contributed by atoms with Crippen LogP contribution in [0.3, 0.4) is 0 Å². The molecule has 0 radical (unpaired) electrons. The normalized spacial score (nSPS) is 12.1. The molecule has 3 N–H and O–H groups in total. The zero-order valence-corrected chi connectivity index (χ0v) is 9.08. The maximum absolute atomic E-state index is 11.1.